The van der Waals surface area contributed by atoms with Gasteiger partial charge in [0.25, 0.3) is 11.8 Å². The van der Waals surface area contributed by atoms with E-state index in [4.69, 9.17) is 4.74 Å². The molecule has 0 saturated heterocycles. The van der Waals surface area contributed by atoms with E-state index >= 15 is 0 Å². The molecule has 0 saturated carbocycles. The van der Waals surface area contributed by atoms with E-state index in [2.05, 4.69) is 26.0 Å². The van der Waals surface area contributed by atoms with Crippen molar-refractivity contribution in [1.29, 1.82) is 0 Å². The number of hydrogen-bond donors (Lipinski definition) is 3. The van der Waals surface area contributed by atoms with Crippen LogP contribution in [0.2, 0.25) is 0 Å². The maximum Gasteiger partial charge on any atom is 0.289 e. The summed E-state index contributed by atoms with van der Waals surface area (Å²) in [5, 5.41) is 9.02. The first-order chi connectivity index (χ1) is 12.2. The molecule has 2 aromatic heterocycles. The van der Waals surface area contributed by atoms with E-state index < -0.39 is 11.8 Å². The summed E-state index contributed by atoms with van der Waals surface area (Å²) < 4.78 is 4.95. The lowest BCUT2D eigenvalue weighted by Crippen LogP contribution is -2.41. The van der Waals surface area contributed by atoms with Crippen LogP contribution in [0.5, 0.6) is 0 Å². The Hall–Kier alpha value is -3.04. The highest BCUT2D eigenvalue weighted by Crippen LogP contribution is 2.16. The van der Waals surface area contributed by atoms with Gasteiger partial charge in [0, 0.05) is 18.1 Å². The zero-order valence-corrected chi connectivity index (χ0v) is 14.1. The number of nitrogens with one attached hydrogen (secondary N) is 3. The minimum absolute atomic E-state index is 0.215. The van der Waals surface area contributed by atoms with Crippen molar-refractivity contribution in [3.05, 3.63) is 58.2 Å². The molecule has 0 aliphatic rings. The standard InChI is InChI=1S/C16H15N5O3S/c1-24-8-14-17-13(9-25-14)16(23)21-20-15(22)12-7-11(18-19-12)10-5-3-2-4-6-10/h2-7,9H,8H2,1H3,(H,18,19)(H,20,22)(H,21,23). The molecule has 2 heterocycles. The predicted molar refractivity (Wildman–Crippen MR) is 91.8 cm³/mol. The number of rotatable bonds is 5. The molecule has 0 atom stereocenters. The monoisotopic (exact) mass is 357 g/mol. The van der Waals surface area contributed by atoms with Crippen molar-refractivity contribution >= 4 is 23.2 Å². The Bertz CT molecular complexity index is 875. The number of aromatic amines is 1. The molecule has 3 aromatic rings. The van der Waals surface area contributed by atoms with Crippen molar-refractivity contribution in [1.82, 2.24) is 26.0 Å². The van der Waals surface area contributed by atoms with Crippen LogP contribution in [0.25, 0.3) is 11.3 Å². The quantitative estimate of drug-likeness (QED) is 0.603. The molecule has 0 aliphatic carbocycles. The Morgan fingerprint density at radius 2 is 1.96 bits per heavy atom. The summed E-state index contributed by atoms with van der Waals surface area (Å²) >= 11 is 1.31. The third-order valence-corrected chi connectivity index (χ3v) is 4.06. The molecule has 1 aromatic carbocycles. The Morgan fingerprint density at radius 1 is 1.20 bits per heavy atom. The third kappa shape index (κ3) is 4.08. The van der Waals surface area contributed by atoms with Crippen molar-refractivity contribution in [2.24, 2.45) is 0 Å². The Kier molecular flexibility index (Phi) is 5.17. The molecule has 0 bridgehead atoms. The second-order valence-corrected chi connectivity index (χ2v) is 5.94. The molecular formula is C16H15N5O3S. The van der Waals surface area contributed by atoms with Gasteiger partial charge < -0.3 is 4.74 Å². The van der Waals surface area contributed by atoms with Crippen molar-refractivity contribution < 1.29 is 14.3 Å². The van der Waals surface area contributed by atoms with Gasteiger partial charge >= 0.3 is 0 Å². The van der Waals surface area contributed by atoms with E-state index in [1.165, 1.54) is 11.3 Å². The zero-order chi connectivity index (χ0) is 17.6. The average molecular weight is 357 g/mol. The van der Waals surface area contributed by atoms with Crippen LogP contribution in [0.4, 0.5) is 0 Å². The van der Waals surface area contributed by atoms with E-state index in [1.807, 2.05) is 30.3 Å². The van der Waals surface area contributed by atoms with Gasteiger partial charge in [-0.15, -0.1) is 11.3 Å². The first-order valence-electron chi connectivity index (χ1n) is 7.32. The number of hydrazine groups is 1. The summed E-state index contributed by atoms with van der Waals surface area (Å²) in [6.45, 7) is 0.334. The normalized spacial score (nSPS) is 10.4. The number of aromatic nitrogens is 3. The number of amides is 2. The number of nitrogens with zero attached hydrogens (tertiary/aromatic N) is 2. The summed E-state index contributed by atoms with van der Waals surface area (Å²) in [6, 6.07) is 11.1. The predicted octanol–water partition coefficient (Wildman–Crippen LogP) is 1.75. The van der Waals surface area contributed by atoms with E-state index in [0.29, 0.717) is 17.3 Å². The maximum absolute atomic E-state index is 12.1. The van der Waals surface area contributed by atoms with Gasteiger partial charge in [-0.05, 0) is 6.07 Å². The van der Waals surface area contributed by atoms with Crippen LogP contribution in [0.15, 0.2) is 41.8 Å². The molecular weight excluding hydrogens is 342 g/mol. The average Bonchev–Trinajstić information content (AvgIpc) is 3.30. The minimum atomic E-state index is -0.505. The van der Waals surface area contributed by atoms with E-state index in [0.717, 1.165) is 5.56 Å². The smallest absolute Gasteiger partial charge is 0.289 e. The second-order valence-electron chi connectivity index (χ2n) is 5.00. The Balaban J connectivity index is 1.59. The van der Waals surface area contributed by atoms with Crippen molar-refractivity contribution in [2.45, 2.75) is 6.61 Å². The number of benzene rings is 1. The van der Waals surface area contributed by atoms with E-state index in [-0.39, 0.29) is 11.4 Å². The van der Waals surface area contributed by atoms with Crippen LogP contribution in [-0.4, -0.2) is 34.1 Å². The van der Waals surface area contributed by atoms with Gasteiger partial charge in [-0.3, -0.25) is 25.5 Å². The van der Waals surface area contributed by atoms with Gasteiger partial charge in [-0.1, -0.05) is 30.3 Å². The van der Waals surface area contributed by atoms with Crippen molar-refractivity contribution in [3.63, 3.8) is 0 Å². The lowest BCUT2D eigenvalue weighted by atomic mass is 10.1. The first kappa shape index (κ1) is 16.8. The number of methoxy groups -OCH3 is 1. The number of carbonyl (C=O) groups is 2. The molecule has 0 spiro atoms. The molecule has 128 valence electrons. The van der Waals surface area contributed by atoms with Gasteiger partial charge in [0.1, 0.15) is 16.4 Å². The number of hydrogen-bond acceptors (Lipinski definition) is 6. The molecule has 0 unspecified atom stereocenters. The fourth-order valence-electron chi connectivity index (χ4n) is 2.04. The van der Waals surface area contributed by atoms with Gasteiger partial charge in [0.15, 0.2) is 0 Å². The van der Waals surface area contributed by atoms with Crippen LogP contribution < -0.4 is 10.9 Å². The van der Waals surface area contributed by atoms with Crippen molar-refractivity contribution in [2.75, 3.05) is 7.11 Å². The highest BCUT2D eigenvalue weighted by Gasteiger charge is 2.14. The molecule has 8 nitrogen and oxygen atoms in total. The van der Waals surface area contributed by atoms with Gasteiger partial charge in [-0.2, -0.15) is 5.10 Å². The van der Waals surface area contributed by atoms with E-state index in [1.54, 1.807) is 18.6 Å². The lowest BCUT2D eigenvalue weighted by Gasteiger charge is -2.03. The zero-order valence-electron chi connectivity index (χ0n) is 13.3. The largest absolute Gasteiger partial charge is 0.378 e. The summed E-state index contributed by atoms with van der Waals surface area (Å²) in [7, 11) is 1.55. The van der Waals surface area contributed by atoms with Crippen molar-refractivity contribution in [3.8, 4) is 11.3 Å². The van der Waals surface area contributed by atoms with Gasteiger partial charge in [0.2, 0.25) is 0 Å². The summed E-state index contributed by atoms with van der Waals surface area (Å²) in [6.07, 6.45) is 0. The third-order valence-electron chi connectivity index (χ3n) is 3.23. The minimum Gasteiger partial charge on any atom is -0.378 e. The molecule has 0 radical (unpaired) electrons. The molecule has 0 aliphatic heterocycles. The van der Waals surface area contributed by atoms with Gasteiger partial charge in [0.05, 0.1) is 12.3 Å². The maximum atomic E-state index is 12.1. The lowest BCUT2D eigenvalue weighted by molar-refractivity contribution is 0.0841. The Labute approximate surface area is 147 Å². The number of thiazole rings is 1. The number of ether oxygens (including phenoxy) is 1. The van der Waals surface area contributed by atoms with Gasteiger partial charge in [-0.25, -0.2) is 4.98 Å². The topological polar surface area (TPSA) is 109 Å². The highest BCUT2D eigenvalue weighted by molar-refractivity contribution is 7.09. The molecule has 25 heavy (non-hydrogen) atoms. The number of H-pyrrole nitrogens is 1. The summed E-state index contributed by atoms with van der Waals surface area (Å²) in [5.74, 6) is -1.01. The SMILES string of the molecule is COCc1nc(C(=O)NNC(=O)c2cc(-c3ccccc3)n[nH]2)cs1. The van der Waals surface area contributed by atoms with Crippen LogP contribution in [-0.2, 0) is 11.3 Å². The van der Waals surface area contributed by atoms with E-state index in [9.17, 15) is 9.59 Å². The Morgan fingerprint density at radius 3 is 2.72 bits per heavy atom. The fraction of sp³-hybridized carbons (Fsp3) is 0.125. The second kappa shape index (κ2) is 7.69. The van der Waals surface area contributed by atoms with Crippen LogP contribution in [0.3, 0.4) is 0 Å². The molecule has 3 N–H and O–H groups in total. The van der Waals surface area contributed by atoms with Crippen LogP contribution in [0, 0.1) is 0 Å². The molecule has 2 amide bonds. The molecule has 9 heteroatoms. The summed E-state index contributed by atoms with van der Waals surface area (Å²) in [5.41, 5.74) is 6.62. The van der Waals surface area contributed by atoms with Crippen LogP contribution >= 0.6 is 11.3 Å². The molecule has 3 rings (SSSR count). The van der Waals surface area contributed by atoms with Crippen LogP contribution in [0.1, 0.15) is 26.0 Å². The number of carbonyl (C=O) groups excluding carboxylic acids is 2. The first-order valence-corrected chi connectivity index (χ1v) is 8.20. The fourth-order valence-corrected chi connectivity index (χ4v) is 2.79. The molecule has 0 fully saturated rings. The summed E-state index contributed by atoms with van der Waals surface area (Å²) in [4.78, 5) is 28.2. The highest BCUT2D eigenvalue weighted by atomic mass is 32.1.